The molecule has 5 heteroatoms. The van der Waals surface area contributed by atoms with Gasteiger partial charge in [0.1, 0.15) is 0 Å². The summed E-state index contributed by atoms with van der Waals surface area (Å²) in [4.78, 5) is 20.0. The summed E-state index contributed by atoms with van der Waals surface area (Å²) in [7, 11) is 0. The van der Waals surface area contributed by atoms with Gasteiger partial charge in [0.05, 0.1) is 11.6 Å². The van der Waals surface area contributed by atoms with Crippen molar-refractivity contribution in [3.05, 3.63) is 64.5 Å². The average molecular weight is 362 g/mol. The number of hydrogen-bond donors (Lipinski definition) is 1. The lowest BCUT2D eigenvalue weighted by molar-refractivity contribution is -0.141. The van der Waals surface area contributed by atoms with Gasteiger partial charge >= 0.3 is 5.97 Å². The third kappa shape index (κ3) is 2.42. The third-order valence-electron chi connectivity index (χ3n) is 5.31. The molecule has 2 aromatic carbocycles. The zero-order valence-electron chi connectivity index (χ0n) is 14.2. The number of aliphatic carboxylic acids is 1. The number of carboxylic acid groups (broad SMARTS) is 1. The van der Waals surface area contributed by atoms with E-state index in [0.29, 0.717) is 13.0 Å². The fourth-order valence-corrected chi connectivity index (χ4v) is 5.09. The van der Waals surface area contributed by atoms with Gasteiger partial charge in [-0.1, -0.05) is 42.5 Å². The van der Waals surface area contributed by atoms with Crippen LogP contribution < -0.4 is 4.90 Å². The largest absolute Gasteiger partial charge is 0.481 e. The Bertz CT molecular complexity index is 1010. The fraction of sp³-hybridized carbons (Fsp3) is 0.238. The summed E-state index contributed by atoms with van der Waals surface area (Å²) in [6, 6.07) is 16.5. The van der Waals surface area contributed by atoms with E-state index in [1.54, 1.807) is 11.3 Å². The van der Waals surface area contributed by atoms with Crippen molar-refractivity contribution in [2.24, 2.45) is 5.92 Å². The van der Waals surface area contributed by atoms with Gasteiger partial charge in [0.2, 0.25) is 0 Å². The van der Waals surface area contributed by atoms with E-state index in [1.165, 1.54) is 16.0 Å². The van der Waals surface area contributed by atoms with Crippen LogP contribution in [-0.4, -0.2) is 22.6 Å². The highest BCUT2D eigenvalue weighted by Crippen LogP contribution is 2.43. The van der Waals surface area contributed by atoms with Gasteiger partial charge in [0, 0.05) is 22.7 Å². The van der Waals surface area contributed by atoms with Gasteiger partial charge in [-0.3, -0.25) is 4.79 Å². The number of nitrogens with zero attached hydrogens (tertiary/aromatic N) is 2. The molecule has 1 aliphatic heterocycles. The van der Waals surface area contributed by atoms with Crippen LogP contribution in [0.1, 0.15) is 16.0 Å². The smallest absolute Gasteiger partial charge is 0.308 e. The van der Waals surface area contributed by atoms with Crippen LogP contribution in [0.5, 0.6) is 0 Å². The number of rotatable bonds is 2. The second-order valence-corrected chi connectivity index (χ2v) is 7.97. The highest BCUT2D eigenvalue weighted by atomic mass is 32.1. The Morgan fingerprint density at radius 3 is 2.69 bits per heavy atom. The van der Waals surface area contributed by atoms with E-state index in [4.69, 9.17) is 4.98 Å². The number of anilines is 2. The van der Waals surface area contributed by atoms with Crippen molar-refractivity contribution >= 4 is 28.1 Å². The monoisotopic (exact) mass is 362 g/mol. The van der Waals surface area contributed by atoms with Crippen molar-refractivity contribution < 1.29 is 9.90 Å². The zero-order chi connectivity index (χ0) is 17.7. The van der Waals surface area contributed by atoms with Crippen LogP contribution in [0.4, 0.5) is 10.8 Å². The topological polar surface area (TPSA) is 53.4 Å². The maximum absolute atomic E-state index is 11.7. The van der Waals surface area contributed by atoms with Crippen LogP contribution in [0.3, 0.4) is 0 Å². The zero-order valence-corrected chi connectivity index (χ0v) is 15.0. The van der Waals surface area contributed by atoms with E-state index in [0.717, 1.165) is 34.9 Å². The molecule has 130 valence electrons. The van der Waals surface area contributed by atoms with Gasteiger partial charge in [0.15, 0.2) is 5.13 Å². The number of carboxylic acids is 1. The van der Waals surface area contributed by atoms with Gasteiger partial charge < -0.3 is 10.0 Å². The average Bonchev–Trinajstić information content (AvgIpc) is 3.11. The number of para-hydroxylation sites is 1. The Morgan fingerprint density at radius 2 is 1.85 bits per heavy atom. The van der Waals surface area contributed by atoms with Gasteiger partial charge in [0.25, 0.3) is 0 Å². The molecule has 5 rings (SSSR count). The molecule has 0 fully saturated rings. The van der Waals surface area contributed by atoms with Crippen LogP contribution >= 0.6 is 11.3 Å². The molecule has 1 unspecified atom stereocenters. The van der Waals surface area contributed by atoms with Crippen molar-refractivity contribution in [1.29, 1.82) is 0 Å². The van der Waals surface area contributed by atoms with Crippen molar-refractivity contribution in [2.75, 3.05) is 11.4 Å². The molecule has 0 amide bonds. The Kier molecular flexibility index (Phi) is 3.57. The van der Waals surface area contributed by atoms with Crippen molar-refractivity contribution in [3.8, 4) is 11.3 Å². The molecular formula is C21H18N2O2S. The fourth-order valence-electron chi connectivity index (χ4n) is 3.99. The van der Waals surface area contributed by atoms with Crippen LogP contribution in [0.15, 0.2) is 48.5 Å². The molecule has 0 spiro atoms. The quantitative estimate of drug-likeness (QED) is 0.738. The summed E-state index contributed by atoms with van der Waals surface area (Å²) in [6.45, 7) is 0.473. The lowest BCUT2D eigenvalue weighted by atomic mass is 9.93. The Morgan fingerprint density at radius 1 is 1.08 bits per heavy atom. The van der Waals surface area contributed by atoms with Gasteiger partial charge in [-0.15, -0.1) is 11.3 Å². The summed E-state index contributed by atoms with van der Waals surface area (Å²) in [5.41, 5.74) is 5.81. The molecule has 3 aromatic rings. The predicted octanol–water partition coefficient (Wildman–Crippen LogP) is 4.30. The number of carbonyl (C=O) groups is 1. The maximum Gasteiger partial charge on any atom is 0.308 e. The first kappa shape index (κ1) is 15.6. The van der Waals surface area contributed by atoms with E-state index in [1.807, 2.05) is 18.2 Å². The van der Waals surface area contributed by atoms with Crippen LogP contribution in [-0.2, 0) is 24.1 Å². The lowest BCUT2D eigenvalue weighted by Gasteiger charge is -2.32. The first-order chi connectivity index (χ1) is 12.7. The minimum atomic E-state index is -0.740. The normalized spacial score (nSPS) is 18.0. The molecular weight excluding hydrogens is 344 g/mol. The number of aromatic nitrogens is 1. The Hall–Kier alpha value is -2.66. The number of hydrogen-bond acceptors (Lipinski definition) is 4. The summed E-state index contributed by atoms with van der Waals surface area (Å²) >= 11 is 1.70. The molecule has 2 aliphatic rings. The second kappa shape index (κ2) is 5.95. The SMILES string of the molecule is O=C(O)C1Cc2ccccc2N(c2nc3c(s2)CCc2ccccc2-3)C1. The lowest BCUT2D eigenvalue weighted by Crippen LogP contribution is -2.36. The first-order valence-corrected chi connectivity index (χ1v) is 9.68. The maximum atomic E-state index is 11.7. The number of thiazole rings is 1. The van der Waals surface area contributed by atoms with Crippen LogP contribution in [0.2, 0.25) is 0 Å². The molecule has 2 heterocycles. The molecule has 26 heavy (non-hydrogen) atoms. The molecule has 1 atom stereocenters. The van der Waals surface area contributed by atoms with Crippen molar-refractivity contribution in [1.82, 2.24) is 4.98 Å². The molecule has 1 N–H and O–H groups in total. The van der Waals surface area contributed by atoms with Gasteiger partial charge in [-0.2, -0.15) is 0 Å². The number of fused-ring (bicyclic) bond motifs is 4. The second-order valence-electron chi connectivity index (χ2n) is 6.90. The summed E-state index contributed by atoms with van der Waals surface area (Å²) in [5.74, 6) is -1.14. The van der Waals surface area contributed by atoms with E-state index in [9.17, 15) is 9.90 Å². The van der Waals surface area contributed by atoms with Crippen molar-refractivity contribution in [3.63, 3.8) is 0 Å². The molecule has 1 aliphatic carbocycles. The Labute approximate surface area is 155 Å². The first-order valence-electron chi connectivity index (χ1n) is 8.87. The van der Waals surface area contributed by atoms with Crippen LogP contribution in [0, 0.1) is 5.92 Å². The molecule has 0 radical (unpaired) electrons. The van der Waals surface area contributed by atoms with E-state index in [2.05, 4.69) is 35.2 Å². The van der Waals surface area contributed by atoms with E-state index < -0.39 is 11.9 Å². The van der Waals surface area contributed by atoms with Crippen molar-refractivity contribution in [2.45, 2.75) is 19.3 Å². The molecule has 0 saturated carbocycles. The molecule has 1 aromatic heterocycles. The highest BCUT2D eigenvalue weighted by molar-refractivity contribution is 7.16. The summed E-state index contributed by atoms with van der Waals surface area (Å²) in [6.07, 6.45) is 2.62. The summed E-state index contributed by atoms with van der Waals surface area (Å²) < 4.78 is 0. The highest BCUT2D eigenvalue weighted by Gasteiger charge is 2.32. The summed E-state index contributed by atoms with van der Waals surface area (Å²) in [5, 5.41) is 10.5. The third-order valence-corrected chi connectivity index (χ3v) is 6.45. The molecule has 4 nitrogen and oxygen atoms in total. The standard InChI is InChI=1S/C21H18N2O2S/c24-20(25)15-11-14-6-2-4-8-17(14)23(12-15)21-22-19-16-7-3-1-5-13(16)9-10-18(19)26-21/h1-8,15H,9-12H2,(H,24,25). The molecule has 0 saturated heterocycles. The minimum Gasteiger partial charge on any atom is -0.481 e. The van der Waals surface area contributed by atoms with E-state index in [-0.39, 0.29) is 0 Å². The van der Waals surface area contributed by atoms with Crippen LogP contribution in [0.25, 0.3) is 11.3 Å². The van der Waals surface area contributed by atoms with Gasteiger partial charge in [-0.05, 0) is 36.5 Å². The number of benzene rings is 2. The Balaban J connectivity index is 1.61. The number of aryl methyl sites for hydroxylation is 2. The minimum absolute atomic E-state index is 0.405. The van der Waals surface area contributed by atoms with Gasteiger partial charge in [-0.25, -0.2) is 4.98 Å². The predicted molar refractivity (Wildman–Crippen MR) is 103 cm³/mol. The van der Waals surface area contributed by atoms with E-state index >= 15 is 0 Å². The molecule has 0 bridgehead atoms.